The topological polar surface area (TPSA) is 74.1 Å². The van der Waals surface area contributed by atoms with Crippen LogP contribution in [0.15, 0.2) is 59.4 Å². The SMILES string of the molecule is Cn1nc(CC(=O)OCc2cc3ccccc3nc2Cl)c2ccccc2c1=O. The lowest BCUT2D eigenvalue weighted by Gasteiger charge is -2.09. The van der Waals surface area contributed by atoms with Crippen LogP contribution in [0.25, 0.3) is 21.7 Å². The van der Waals surface area contributed by atoms with E-state index in [0.717, 1.165) is 10.9 Å². The highest BCUT2D eigenvalue weighted by Gasteiger charge is 2.14. The average Bonchev–Trinajstić information content (AvgIpc) is 2.70. The maximum Gasteiger partial charge on any atom is 0.312 e. The molecule has 0 fully saturated rings. The molecule has 0 spiro atoms. The lowest BCUT2D eigenvalue weighted by molar-refractivity contribution is -0.144. The molecule has 0 atom stereocenters. The Bertz CT molecular complexity index is 1270. The van der Waals surface area contributed by atoms with E-state index in [0.29, 0.717) is 27.2 Å². The third kappa shape index (κ3) is 3.46. The van der Waals surface area contributed by atoms with Crippen molar-refractivity contribution in [2.75, 3.05) is 0 Å². The van der Waals surface area contributed by atoms with Gasteiger partial charge < -0.3 is 4.74 Å². The molecule has 4 aromatic rings. The monoisotopic (exact) mass is 393 g/mol. The van der Waals surface area contributed by atoms with E-state index in [-0.39, 0.29) is 18.6 Å². The van der Waals surface area contributed by atoms with Crippen LogP contribution in [0.2, 0.25) is 5.15 Å². The molecule has 2 aromatic heterocycles. The molecule has 28 heavy (non-hydrogen) atoms. The molecule has 4 rings (SSSR count). The maximum absolute atomic E-state index is 12.4. The number of aromatic nitrogens is 3. The van der Waals surface area contributed by atoms with Crippen molar-refractivity contribution in [3.8, 4) is 0 Å². The van der Waals surface area contributed by atoms with Crippen LogP contribution >= 0.6 is 11.6 Å². The second-order valence-corrected chi connectivity index (χ2v) is 6.75. The molecule has 0 N–H and O–H groups in total. The zero-order valence-corrected chi connectivity index (χ0v) is 15.8. The van der Waals surface area contributed by atoms with Crippen molar-refractivity contribution in [2.45, 2.75) is 13.0 Å². The van der Waals surface area contributed by atoms with E-state index in [1.54, 1.807) is 31.3 Å². The van der Waals surface area contributed by atoms with Crippen LogP contribution in [-0.4, -0.2) is 20.7 Å². The molecule has 2 heterocycles. The van der Waals surface area contributed by atoms with Crippen molar-refractivity contribution in [3.63, 3.8) is 0 Å². The van der Waals surface area contributed by atoms with Crippen LogP contribution in [-0.2, 0) is 29.6 Å². The number of hydrogen-bond donors (Lipinski definition) is 0. The zero-order chi connectivity index (χ0) is 19.7. The lowest BCUT2D eigenvalue weighted by atomic mass is 10.1. The third-order valence-electron chi connectivity index (χ3n) is 4.48. The summed E-state index contributed by atoms with van der Waals surface area (Å²) < 4.78 is 6.62. The lowest BCUT2D eigenvalue weighted by Crippen LogP contribution is -2.22. The second kappa shape index (κ2) is 7.40. The van der Waals surface area contributed by atoms with Gasteiger partial charge in [-0.3, -0.25) is 9.59 Å². The summed E-state index contributed by atoms with van der Waals surface area (Å²) in [4.78, 5) is 28.9. The molecule has 0 aliphatic heterocycles. The van der Waals surface area contributed by atoms with Gasteiger partial charge in [0.2, 0.25) is 0 Å². The quantitative estimate of drug-likeness (QED) is 0.392. The van der Waals surface area contributed by atoms with Gasteiger partial charge in [0.15, 0.2) is 0 Å². The number of hydrogen-bond acceptors (Lipinski definition) is 5. The van der Waals surface area contributed by atoms with Crippen molar-refractivity contribution in [3.05, 3.63) is 81.4 Å². The summed E-state index contributed by atoms with van der Waals surface area (Å²) >= 11 is 6.21. The number of esters is 1. The van der Waals surface area contributed by atoms with E-state index >= 15 is 0 Å². The second-order valence-electron chi connectivity index (χ2n) is 6.39. The summed E-state index contributed by atoms with van der Waals surface area (Å²) in [5.74, 6) is -0.458. The predicted octanol–water partition coefficient (Wildman–Crippen LogP) is 3.42. The summed E-state index contributed by atoms with van der Waals surface area (Å²) in [5.41, 5.74) is 1.70. The number of rotatable bonds is 4. The highest BCUT2D eigenvalue weighted by molar-refractivity contribution is 6.30. The van der Waals surface area contributed by atoms with E-state index < -0.39 is 5.97 Å². The van der Waals surface area contributed by atoms with Gasteiger partial charge in [0.05, 0.1) is 23.0 Å². The van der Waals surface area contributed by atoms with Gasteiger partial charge in [-0.15, -0.1) is 0 Å². The first-order valence-electron chi connectivity index (χ1n) is 8.67. The molecule has 0 aliphatic carbocycles. The van der Waals surface area contributed by atoms with E-state index in [1.165, 1.54) is 4.68 Å². The Kier molecular flexibility index (Phi) is 4.79. The van der Waals surface area contributed by atoms with Crippen LogP contribution in [0.3, 0.4) is 0 Å². The van der Waals surface area contributed by atoms with Crippen LogP contribution < -0.4 is 5.56 Å². The number of benzene rings is 2. The number of ether oxygens (including phenoxy) is 1. The molecule has 0 saturated carbocycles. The minimum Gasteiger partial charge on any atom is -0.460 e. The summed E-state index contributed by atoms with van der Waals surface area (Å²) in [5, 5.41) is 6.61. The Balaban J connectivity index is 1.54. The average molecular weight is 394 g/mol. The molecule has 140 valence electrons. The number of fused-ring (bicyclic) bond motifs is 2. The zero-order valence-electron chi connectivity index (χ0n) is 15.1. The van der Waals surface area contributed by atoms with Gasteiger partial charge >= 0.3 is 5.97 Å². The van der Waals surface area contributed by atoms with E-state index in [4.69, 9.17) is 16.3 Å². The first-order chi connectivity index (χ1) is 13.5. The van der Waals surface area contributed by atoms with Gasteiger partial charge in [-0.05, 0) is 18.2 Å². The highest BCUT2D eigenvalue weighted by atomic mass is 35.5. The number of para-hydroxylation sites is 1. The fraction of sp³-hybridized carbons (Fsp3) is 0.143. The summed E-state index contributed by atoms with van der Waals surface area (Å²) in [7, 11) is 1.56. The standard InChI is InChI=1S/C21H16ClN3O3/c1-25-21(27)16-8-4-3-7-15(16)18(24-25)11-19(26)28-12-14-10-13-6-2-5-9-17(13)23-20(14)22/h2-10H,11-12H2,1H3. The summed E-state index contributed by atoms with van der Waals surface area (Å²) in [6, 6.07) is 16.5. The fourth-order valence-corrected chi connectivity index (χ4v) is 3.29. The van der Waals surface area contributed by atoms with Crippen molar-refractivity contribution in [1.29, 1.82) is 0 Å². The molecule has 0 amide bonds. The number of nitrogens with zero attached hydrogens (tertiary/aromatic N) is 3. The van der Waals surface area contributed by atoms with Crippen molar-refractivity contribution in [1.82, 2.24) is 14.8 Å². The van der Waals surface area contributed by atoms with Gasteiger partial charge in [-0.2, -0.15) is 5.10 Å². The number of aryl methyl sites for hydroxylation is 1. The van der Waals surface area contributed by atoms with E-state index in [9.17, 15) is 9.59 Å². The molecule has 7 heteroatoms. The minimum atomic E-state index is -0.458. The smallest absolute Gasteiger partial charge is 0.312 e. The van der Waals surface area contributed by atoms with Crippen LogP contribution in [0.1, 0.15) is 11.3 Å². The highest BCUT2D eigenvalue weighted by Crippen LogP contribution is 2.21. The predicted molar refractivity (Wildman–Crippen MR) is 107 cm³/mol. The minimum absolute atomic E-state index is 0.0131. The summed E-state index contributed by atoms with van der Waals surface area (Å²) in [6.45, 7) is 0.0131. The molecule has 6 nitrogen and oxygen atoms in total. The maximum atomic E-state index is 12.4. The number of halogens is 1. The number of carbonyl (C=O) groups excluding carboxylic acids is 1. The Morgan fingerprint density at radius 2 is 1.82 bits per heavy atom. The van der Waals surface area contributed by atoms with Crippen molar-refractivity contribution in [2.24, 2.45) is 7.05 Å². The third-order valence-corrected chi connectivity index (χ3v) is 4.81. The number of pyridine rings is 1. The molecule has 2 aromatic carbocycles. The Hall–Kier alpha value is -3.25. The molecule has 0 radical (unpaired) electrons. The summed E-state index contributed by atoms with van der Waals surface area (Å²) in [6.07, 6.45) is -0.0484. The molecule has 0 unspecified atom stereocenters. The first kappa shape index (κ1) is 18.1. The van der Waals surface area contributed by atoms with Crippen LogP contribution in [0, 0.1) is 0 Å². The Morgan fingerprint density at radius 1 is 1.11 bits per heavy atom. The van der Waals surface area contributed by atoms with Gasteiger partial charge in [-0.25, -0.2) is 9.67 Å². The number of carbonyl (C=O) groups is 1. The first-order valence-corrected chi connectivity index (χ1v) is 9.05. The van der Waals surface area contributed by atoms with Gasteiger partial charge in [-0.1, -0.05) is 48.0 Å². The van der Waals surface area contributed by atoms with E-state index in [2.05, 4.69) is 10.1 Å². The molecule has 0 bridgehead atoms. The molecule has 0 saturated heterocycles. The normalized spacial score (nSPS) is 11.1. The van der Waals surface area contributed by atoms with Crippen molar-refractivity contribution >= 4 is 39.2 Å². The van der Waals surface area contributed by atoms with Crippen LogP contribution in [0.5, 0.6) is 0 Å². The van der Waals surface area contributed by atoms with Gasteiger partial charge in [0.25, 0.3) is 5.56 Å². The molecular weight excluding hydrogens is 378 g/mol. The Labute approximate surface area is 165 Å². The van der Waals surface area contributed by atoms with Gasteiger partial charge in [0.1, 0.15) is 11.8 Å². The van der Waals surface area contributed by atoms with E-state index in [1.807, 2.05) is 30.3 Å². The van der Waals surface area contributed by atoms with Gasteiger partial charge in [0, 0.05) is 23.4 Å². The largest absolute Gasteiger partial charge is 0.460 e. The van der Waals surface area contributed by atoms with Crippen LogP contribution in [0.4, 0.5) is 0 Å². The van der Waals surface area contributed by atoms with Crippen molar-refractivity contribution < 1.29 is 9.53 Å². The molecular formula is C21H16ClN3O3. The fourth-order valence-electron chi connectivity index (χ4n) is 3.09. The molecule has 0 aliphatic rings. The Morgan fingerprint density at radius 3 is 2.64 bits per heavy atom.